The van der Waals surface area contributed by atoms with Crippen molar-refractivity contribution in [2.24, 2.45) is 22.8 Å². The number of hydrogen-bond acceptors (Lipinski definition) is 5. The molecule has 0 spiro atoms. The molecule has 3 saturated carbocycles. The zero-order chi connectivity index (χ0) is 28.7. The van der Waals surface area contributed by atoms with Crippen LogP contribution in [0.1, 0.15) is 54.7 Å². The Morgan fingerprint density at radius 3 is 2.46 bits per heavy atom. The highest BCUT2D eigenvalue weighted by molar-refractivity contribution is 6.09. The van der Waals surface area contributed by atoms with E-state index in [-0.39, 0.29) is 23.4 Å². The van der Waals surface area contributed by atoms with Gasteiger partial charge in [-0.3, -0.25) is 9.48 Å². The Kier molecular flexibility index (Phi) is 5.60. The van der Waals surface area contributed by atoms with E-state index in [1.807, 2.05) is 22.9 Å². The highest BCUT2D eigenvalue weighted by Crippen LogP contribution is 2.66. The maximum atomic E-state index is 13.8. The minimum Gasteiger partial charge on any atom is -0.366 e. The smallest absolute Gasteiger partial charge is 0.251 e. The zero-order valence-corrected chi connectivity index (χ0v) is 23.0. The molecule has 2 aromatic carbocycles. The Morgan fingerprint density at radius 2 is 1.78 bits per heavy atom. The van der Waals surface area contributed by atoms with Crippen molar-refractivity contribution in [2.45, 2.75) is 58.2 Å². The number of halogens is 2. The Bertz CT molecular complexity index is 1850. The standard InChI is InChI=1S/C31H31F2N7O/c1-17(2)7-24-27(28(34)41)26(21-11-37-40(29(21)38-24)16-30-13-31(35,14-30)15-30)19-4-6-25-20(9-19)10-36-39(25)12-18-3-5-22(32)23(33)8-18/h3-6,8-11,17H,7,12-16,35H2,1-2H3,(H2,34,41). The van der Waals surface area contributed by atoms with Crippen molar-refractivity contribution in [3.63, 3.8) is 0 Å². The fraction of sp³-hybridized carbons (Fsp3) is 0.355. The normalized spacial score (nSPS) is 21.4. The zero-order valence-electron chi connectivity index (χ0n) is 23.0. The second-order valence-corrected chi connectivity index (χ2v) is 12.5. The number of nitrogens with zero attached hydrogens (tertiary/aromatic N) is 5. The molecule has 5 aromatic rings. The second-order valence-electron chi connectivity index (χ2n) is 12.5. The molecule has 2 bridgehead atoms. The molecule has 1 amide bonds. The molecular weight excluding hydrogens is 524 g/mol. The minimum absolute atomic E-state index is 0.00575. The van der Waals surface area contributed by atoms with Crippen LogP contribution in [-0.2, 0) is 19.5 Å². The number of hydrogen-bond donors (Lipinski definition) is 2. The minimum atomic E-state index is -0.892. The number of nitrogens with two attached hydrogens (primary N) is 2. The van der Waals surface area contributed by atoms with Gasteiger partial charge in [-0.15, -0.1) is 0 Å². The Balaban J connectivity index is 1.34. The Hall–Kier alpha value is -4.18. The van der Waals surface area contributed by atoms with Crippen LogP contribution in [0.5, 0.6) is 0 Å². The number of primary amides is 1. The van der Waals surface area contributed by atoms with Crippen molar-refractivity contribution in [1.29, 1.82) is 0 Å². The fourth-order valence-electron chi connectivity index (χ4n) is 7.10. The number of benzene rings is 2. The first-order chi connectivity index (χ1) is 19.5. The molecular formula is C31H31F2N7O. The molecule has 8 nitrogen and oxygen atoms in total. The molecule has 0 saturated heterocycles. The summed E-state index contributed by atoms with van der Waals surface area (Å²) in [6.45, 7) is 5.20. The highest BCUT2D eigenvalue weighted by atomic mass is 19.2. The molecule has 4 N–H and O–H groups in total. The summed E-state index contributed by atoms with van der Waals surface area (Å²) in [4.78, 5) is 17.9. The lowest BCUT2D eigenvalue weighted by atomic mass is 9.40. The van der Waals surface area contributed by atoms with E-state index in [4.69, 9.17) is 21.5 Å². The lowest BCUT2D eigenvalue weighted by molar-refractivity contribution is -0.143. The van der Waals surface area contributed by atoms with Crippen LogP contribution in [0.4, 0.5) is 8.78 Å². The van der Waals surface area contributed by atoms with E-state index >= 15 is 0 Å². The van der Waals surface area contributed by atoms with Gasteiger partial charge in [-0.2, -0.15) is 10.2 Å². The number of amides is 1. The molecule has 0 radical (unpaired) electrons. The fourth-order valence-corrected chi connectivity index (χ4v) is 7.10. The molecule has 3 aromatic heterocycles. The van der Waals surface area contributed by atoms with Crippen molar-refractivity contribution in [1.82, 2.24) is 24.5 Å². The number of carbonyl (C=O) groups is 1. The van der Waals surface area contributed by atoms with Crippen LogP contribution in [0.3, 0.4) is 0 Å². The number of pyridine rings is 1. The van der Waals surface area contributed by atoms with E-state index in [0.29, 0.717) is 28.8 Å². The summed E-state index contributed by atoms with van der Waals surface area (Å²) in [6, 6.07) is 9.67. The van der Waals surface area contributed by atoms with Crippen molar-refractivity contribution in [3.8, 4) is 11.1 Å². The van der Waals surface area contributed by atoms with E-state index in [1.165, 1.54) is 6.07 Å². The topological polar surface area (TPSA) is 118 Å². The summed E-state index contributed by atoms with van der Waals surface area (Å²) < 4.78 is 30.9. The molecule has 0 unspecified atom stereocenters. The molecule has 210 valence electrons. The van der Waals surface area contributed by atoms with Gasteiger partial charge in [-0.05, 0) is 72.4 Å². The molecule has 3 fully saturated rings. The molecule has 0 aliphatic heterocycles. The van der Waals surface area contributed by atoms with Crippen molar-refractivity contribution in [2.75, 3.05) is 0 Å². The highest BCUT2D eigenvalue weighted by Gasteiger charge is 2.65. The van der Waals surface area contributed by atoms with Gasteiger partial charge in [-0.1, -0.05) is 26.0 Å². The second kappa shape index (κ2) is 8.91. The quantitative estimate of drug-likeness (QED) is 0.281. The number of rotatable bonds is 8. The lowest BCUT2D eigenvalue weighted by Crippen LogP contribution is -2.73. The SMILES string of the molecule is CC(C)Cc1nc2c(cnn2CC23CC(N)(C2)C3)c(-c2ccc3c(cnn3Cc3ccc(F)c(F)c3)c2)c1C(N)=O. The van der Waals surface area contributed by atoms with Crippen LogP contribution < -0.4 is 11.5 Å². The third-order valence-corrected chi connectivity index (χ3v) is 8.62. The van der Waals surface area contributed by atoms with Gasteiger partial charge in [0.1, 0.15) is 0 Å². The van der Waals surface area contributed by atoms with Crippen LogP contribution in [0.2, 0.25) is 0 Å². The first kappa shape index (κ1) is 25.8. The predicted molar refractivity (Wildman–Crippen MR) is 152 cm³/mol. The van der Waals surface area contributed by atoms with E-state index in [9.17, 15) is 13.6 Å². The van der Waals surface area contributed by atoms with Crippen LogP contribution in [0.15, 0.2) is 48.8 Å². The van der Waals surface area contributed by atoms with Gasteiger partial charge in [0.25, 0.3) is 5.91 Å². The van der Waals surface area contributed by atoms with E-state index < -0.39 is 17.5 Å². The van der Waals surface area contributed by atoms with Gasteiger partial charge in [0.15, 0.2) is 17.3 Å². The first-order valence-electron chi connectivity index (χ1n) is 13.9. The summed E-state index contributed by atoms with van der Waals surface area (Å²) in [7, 11) is 0. The average molecular weight is 556 g/mol. The van der Waals surface area contributed by atoms with Crippen LogP contribution >= 0.6 is 0 Å². The summed E-state index contributed by atoms with van der Waals surface area (Å²) in [5.41, 5.74) is 17.3. The lowest BCUT2D eigenvalue weighted by Gasteiger charge is -2.69. The predicted octanol–water partition coefficient (Wildman–Crippen LogP) is 4.95. The number of carbonyl (C=O) groups excluding carboxylic acids is 1. The van der Waals surface area contributed by atoms with E-state index in [2.05, 4.69) is 18.9 Å². The molecule has 3 heterocycles. The number of aromatic nitrogens is 5. The number of fused-ring (bicyclic) bond motifs is 2. The van der Waals surface area contributed by atoms with Gasteiger partial charge in [0.2, 0.25) is 0 Å². The van der Waals surface area contributed by atoms with Crippen molar-refractivity contribution in [3.05, 3.63) is 77.2 Å². The Labute approximate surface area is 235 Å². The molecule has 3 aliphatic carbocycles. The van der Waals surface area contributed by atoms with Gasteiger partial charge in [-0.25, -0.2) is 18.4 Å². The average Bonchev–Trinajstić information content (AvgIpc) is 3.46. The maximum Gasteiger partial charge on any atom is 0.251 e. The molecule has 0 atom stereocenters. The van der Waals surface area contributed by atoms with Crippen molar-refractivity contribution < 1.29 is 13.6 Å². The van der Waals surface area contributed by atoms with Crippen LogP contribution in [0.25, 0.3) is 33.1 Å². The monoisotopic (exact) mass is 555 g/mol. The van der Waals surface area contributed by atoms with Gasteiger partial charge in [0, 0.05) is 28.4 Å². The molecule has 10 heteroatoms. The molecule has 3 aliphatic rings. The summed E-state index contributed by atoms with van der Waals surface area (Å²) in [5, 5.41) is 10.8. The van der Waals surface area contributed by atoms with E-state index in [0.717, 1.165) is 59.4 Å². The van der Waals surface area contributed by atoms with E-state index in [1.54, 1.807) is 23.1 Å². The third kappa shape index (κ3) is 4.20. The first-order valence-corrected chi connectivity index (χ1v) is 13.9. The van der Waals surface area contributed by atoms with Crippen molar-refractivity contribution >= 4 is 27.8 Å². The molecule has 41 heavy (non-hydrogen) atoms. The molecule has 8 rings (SSSR count). The summed E-state index contributed by atoms with van der Waals surface area (Å²) in [5.74, 6) is -2.05. The summed E-state index contributed by atoms with van der Waals surface area (Å²) >= 11 is 0. The largest absolute Gasteiger partial charge is 0.366 e. The van der Waals surface area contributed by atoms with Crippen LogP contribution in [-0.4, -0.2) is 36.0 Å². The van der Waals surface area contributed by atoms with Gasteiger partial charge < -0.3 is 11.5 Å². The maximum absolute atomic E-state index is 13.8. The summed E-state index contributed by atoms with van der Waals surface area (Å²) in [6.07, 6.45) is 7.10. The third-order valence-electron chi connectivity index (χ3n) is 8.62. The van der Waals surface area contributed by atoms with Gasteiger partial charge >= 0.3 is 0 Å². The van der Waals surface area contributed by atoms with Gasteiger partial charge in [0.05, 0.1) is 35.7 Å². The Morgan fingerprint density at radius 1 is 1.02 bits per heavy atom. The van der Waals surface area contributed by atoms with Crippen LogP contribution in [0, 0.1) is 23.0 Å².